The molecule has 6 aromatic rings. The Balaban J connectivity index is 1.22. The summed E-state index contributed by atoms with van der Waals surface area (Å²) < 4.78 is 20.6. The number of rotatable bonds is 11. The third kappa shape index (κ3) is 11.5. The fourth-order valence-corrected chi connectivity index (χ4v) is 11.1. The van der Waals surface area contributed by atoms with Crippen molar-refractivity contribution in [1.82, 2.24) is 20.2 Å². The number of dihydropyridines is 1. The van der Waals surface area contributed by atoms with Gasteiger partial charge in [-0.1, -0.05) is 67.6 Å². The van der Waals surface area contributed by atoms with E-state index in [1.807, 2.05) is 37.4 Å². The first kappa shape index (κ1) is 51.1. The van der Waals surface area contributed by atoms with E-state index < -0.39 is 18.1 Å². The maximum Gasteiger partial charge on any atom is 0.302 e. The quantitative estimate of drug-likeness (QED) is 0.0784. The fraction of sp³-hybridized carbons (Fsp3) is 0.328. The molecule has 0 saturated heterocycles. The number of aromatic hydroxyl groups is 2. The van der Waals surface area contributed by atoms with Crippen molar-refractivity contribution in [3.05, 3.63) is 179 Å². The monoisotopic (exact) mass is 997 g/mol. The van der Waals surface area contributed by atoms with Gasteiger partial charge in [0, 0.05) is 98.9 Å². The number of hydrogen-bond acceptors (Lipinski definition) is 11. The first-order chi connectivity index (χ1) is 35.8. The number of fused-ring (bicyclic) bond motifs is 3. The molecule has 5 N–H and O–H groups in total. The highest BCUT2D eigenvalue weighted by Crippen LogP contribution is 2.45. The van der Waals surface area contributed by atoms with Crippen LogP contribution in [0, 0.1) is 11.3 Å². The highest BCUT2D eigenvalue weighted by molar-refractivity contribution is 5.95. The molecule has 0 saturated carbocycles. The van der Waals surface area contributed by atoms with E-state index >= 15 is 0 Å². The van der Waals surface area contributed by atoms with Gasteiger partial charge in [-0.3, -0.25) is 14.4 Å². The summed E-state index contributed by atoms with van der Waals surface area (Å²) in [5, 5.41) is 30.0. The molecule has 74 heavy (non-hydrogen) atoms. The van der Waals surface area contributed by atoms with E-state index in [1.165, 1.54) is 12.5 Å². The molecule has 5 atom stereocenters. The van der Waals surface area contributed by atoms with Crippen molar-refractivity contribution in [3.63, 3.8) is 0 Å². The number of Topliss-reactive ketones (excluding diaryl/α,β-unsaturated/α-hetero) is 2. The van der Waals surface area contributed by atoms with Gasteiger partial charge >= 0.3 is 5.97 Å². The summed E-state index contributed by atoms with van der Waals surface area (Å²) in [5.41, 5.74) is 6.46. The summed E-state index contributed by atoms with van der Waals surface area (Å²) in [6.07, 6.45) is 23.6. The first-order valence-corrected chi connectivity index (χ1v) is 25.6. The van der Waals surface area contributed by atoms with Gasteiger partial charge in [0.1, 0.15) is 40.7 Å². The molecule has 1 aliphatic carbocycles. The molecule has 1 spiro atoms. The number of nitrogens with one attached hydrogen (secondary N) is 3. The second-order valence-corrected chi connectivity index (χ2v) is 20.1. The summed E-state index contributed by atoms with van der Waals surface area (Å²) in [6, 6.07) is 23.6. The van der Waals surface area contributed by atoms with Gasteiger partial charge < -0.3 is 49.5 Å². The van der Waals surface area contributed by atoms with Crippen molar-refractivity contribution >= 4 is 34.0 Å². The Morgan fingerprint density at radius 2 is 1.70 bits per heavy atom. The molecule has 3 aliphatic rings. The minimum atomic E-state index is -0.678. The van der Waals surface area contributed by atoms with Crippen LogP contribution in [0.4, 0.5) is 5.69 Å². The van der Waals surface area contributed by atoms with E-state index in [0.717, 1.165) is 50.1 Å². The summed E-state index contributed by atoms with van der Waals surface area (Å²) in [7, 11) is 3.43. The van der Waals surface area contributed by atoms with Crippen LogP contribution in [-0.4, -0.2) is 70.7 Å². The minimum Gasteiger partial charge on any atom is -0.508 e. The average molecular weight is 998 g/mol. The van der Waals surface area contributed by atoms with E-state index in [2.05, 4.69) is 111 Å². The second-order valence-electron chi connectivity index (χ2n) is 20.1. The summed E-state index contributed by atoms with van der Waals surface area (Å²) in [4.78, 5) is 46.3. The number of anilines is 1. The van der Waals surface area contributed by atoms with Gasteiger partial charge in [0.2, 0.25) is 0 Å². The van der Waals surface area contributed by atoms with Crippen LogP contribution in [0.3, 0.4) is 0 Å². The number of nitrogens with zero attached hydrogens (tertiary/aromatic N) is 2. The molecular weight excluding hydrogens is 931 g/mol. The van der Waals surface area contributed by atoms with Gasteiger partial charge in [-0.15, -0.1) is 0 Å². The topological polar surface area (TPSA) is 167 Å². The highest BCUT2D eigenvalue weighted by atomic mass is 16.5. The van der Waals surface area contributed by atoms with Crippen molar-refractivity contribution in [3.8, 4) is 28.7 Å². The van der Waals surface area contributed by atoms with Crippen molar-refractivity contribution < 1.29 is 38.8 Å². The number of H-pyrrole nitrogens is 1. The smallest absolute Gasteiger partial charge is 0.302 e. The summed E-state index contributed by atoms with van der Waals surface area (Å²) in [5.74, 6) is 1.96. The van der Waals surface area contributed by atoms with Gasteiger partial charge in [-0.05, 0) is 127 Å². The lowest BCUT2D eigenvalue weighted by Gasteiger charge is -2.38. The zero-order chi connectivity index (χ0) is 51.9. The molecule has 2 aliphatic heterocycles. The molecule has 0 radical (unpaired) electrons. The standard InChI is InChI=1S/C61H67N5O8/c1-39-11-6-7-21-61(39)22-18-53(73-41(3)68)31-51(71)32-57(45-25-47(34-62-4)60(58(28-45)72-5)74-52-16-10-15-50(70)30-52)65-37-44-13-9-17-56(55(44)38-65)66(24-20-40(2)67)59-29-43(19-23-64-59)54(42-12-8-14-49(69)26-42)27-46-35-63-36-48(46)33-61/h6-17,19,21,25-26,28-30,35-39,53-54,57,62-64,69-70H,18,20,22-24,27,31-34H2,1-5H3/t39-,53+,54-,57-,61-/m0/s1. The van der Waals surface area contributed by atoms with Crippen LogP contribution in [0.5, 0.6) is 28.7 Å². The van der Waals surface area contributed by atoms with Crippen LogP contribution in [0.15, 0.2) is 152 Å². The summed E-state index contributed by atoms with van der Waals surface area (Å²) in [6.45, 7) is 6.58. The molecule has 4 bridgehead atoms. The van der Waals surface area contributed by atoms with E-state index in [-0.39, 0.29) is 53.2 Å². The number of hydrogen-bond donors (Lipinski definition) is 5. The molecule has 4 aromatic carbocycles. The number of ether oxygens (including phenoxy) is 3. The van der Waals surface area contributed by atoms with E-state index in [4.69, 9.17) is 14.2 Å². The van der Waals surface area contributed by atoms with Gasteiger partial charge in [0.05, 0.1) is 18.8 Å². The molecule has 0 unspecified atom stereocenters. The lowest BCUT2D eigenvalue weighted by Crippen LogP contribution is -2.35. The number of phenolic OH excluding ortho intramolecular Hbond substituents is 2. The van der Waals surface area contributed by atoms with E-state index in [0.29, 0.717) is 69.0 Å². The van der Waals surface area contributed by atoms with Crippen molar-refractivity contribution in [2.24, 2.45) is 11.3 Å². The number of carbonyl (C=O) groups is 3. The third-order valence-electron chi connectivity index (χ3n) is 14.9. The number of aromatic nitrogens is 2. The van der Waals surface area contributed by atoms with Crippen LogP contribution >= 0.6 is 0 Å². The van der Waals surface area contributed by atoms with Crippen LogP contribution in [0.1, 0.15) is 92.7 Å². The average Bonchev–Trinajstić information content (AvgIpc) is 4.02. The Labute approximate surface area is 433 Å². The predicted octanol–water partition coefficient (Wildman–Crippen LogP) is 11.0. The third-order valence-corrected chi connectivity index (χ3v) is 14.9. The van der Waals surface area contributed by atoms with Crippen molar-refractivity contribution in [2.45, 2.75) is 90.3 Å². The Hall–Kier alpha value is -7.77. The molecule has 2 aromatic heterocycles. The number of ketones is 2. The first-order valence-electron chi connectivity index (χ1n) is 25.6. The Bertz CT molecular complexity index is 3160. The zero-order valence-electron chi connectivity index (χ0n) is 42.9. The molecule has 384 valence electrons. The Morgan fingerprint density at radius 3 is 2.46 bits per heavy atom. The molecule has 0 amide bonds. The SMILES string of the molecule is CNCc1cc([C@@H]2CC(=O)C[C@H](OC(C)=O)CC[C@@]3(C=CC=C[C@@H]3C)Cc3c[nH]cc3C[C@@H](c3cccc(O)c3)C3=CCNC(=C3)N(CCC(C)=O)c3cccc4cn2cc34)cc(OC)c1Oc1cccc(O)c1. The van der Waals surface area contributed by atoms with Crippen LogP contribution in [0.2, 0.25) is 0 Å². The van der Waals surface area contributed by atoms with Crippen molar-refractivity contribution in [1.29, 1.82) is 0 Å². The normalized spacial score (nSPS) is 21.3. The second kappa shape index (κ2) is 22.6. The highest BCUT2D eigenvalue weighted by Gasteiger charge is 2.37. The largest absolute Gasteiger partial charge is 0.508 e. The lowest BCUT2D eigenvalue weighted by molar-refractivity contribution is -0.148. The maximum atomic E-state index is 14.9. The lowest BCUT2D eigenvalue weighted by atomic mass is 9.66. The van der Waals surface area contributed by atoms with Crippen LogP contribution in [-0.2, 0) is 38.5 Å². The zero-order valence-corrected chi connectivity index (χ0v) is 42.9. The van der Waals surface area contributed by atoms with Gasteiger partial charge in [-0.25, -0.2) is 0 Å². The fourth-order valence-electron chi connectivity index (χ4n) is 11.1. The maximum absolute atomic E-state index is 14.9. The number of carbonyl (C=O) groups excluding carboxylic acids is 3. The van der Waals surface area contributed by atoms with Crippen LogP contribution < -0.4 is 25.0 Å². The molecule has 9 rings (SSSR count). The minimum absolute atomic E-state index is 0.0140. The number of esters is 1. The van der Waals surface area contributed by atoms with Gasteiger partial charge in [-0.2, -0.15) is 0 Å². The summed E-state index contributed by atoms with van der Waals surface area (Å²) >= 11 is 0. The molecule has 13 heteroatoms. The number of aromatic amines is 1. The van der Waals surface area contributed by atoms with E-state index in [9.17, 15) is 24.6 Å². The molecule has 13 nitrogen and oxygen atoms in total. The van der Waals surface area contributed by atoms with Gasteiger partial charge in [0.15, 0.2) is 11.5 Å². The predicted molar refractivity (Wildman–Crippen MR) is 289 cm³/mol. The Kier molecular flexibility index (Phi) is 15.6. The number of allylic oxidation sites excluding steroid dienone is 6. The van der Waals surface area contributed by atoms with Crippen LogP contribution in [0.25, 0.3) is 10.8 Å². The Morgan fingerprint density at radius 1 is 0.905 bits per heavy atom. The number of phenols is 2. The molecular formula is C61H67N5O8. The molecule has 4 heterocycles. The van der Waals surface area contributed by atoms with E-state index in [1.54, 1.807) is 44.4 Å². The van der Waals surface area contributed by atoms with Crippen molar-refractivity contribution in [2.75, 3.05) is 32.1 Å². The van der Waals surface area contributed by atoms with Gasteiger partial charge in [0.25, 0.3) is 0 Å². The number of benzene rings is 4. The molecule has 0 fully saturated rings. The number of methoxy groups -OCH3 is 1.